The van der Waals surface area contributed by atoms with Crippen molar-refractivity contribution in [1.82, 2.24) is 4.90 Å². The molecule has 2 rings (SSSR count). The van der Waals surface area contributed by atoms with Crippen LogP contribution in [0.1, 0.15) is 0 Å². The molecule has 1 amide bonds. The highest BCUT2D eigenvalue weighted by molar-refractivity contribution is 6.37. The number of carbonyl (C=O) groups is 1. The van der Waals surface area contributed by atoms with Gasteiger partial charge in [-0.05, 0) is 12.1 Å². The fourth-order valence-electron chi connectivity index (χ4n) is 2.04. The molecule has 5 nitrogen and oxygen atoms in total. The molecule has 2 N–H and O–H groups in total. The number of primary amides is 1. The molecule has 0 aliphatic carbocycles. The maximum Gasteiger partial charge on any atom is 0.231 e. The topological polar surface area (TPSA) is 64.8 Å². The maximum atomic E-state index is 10.9. The molecule has 1 heterocycles. The van der Waals surface area contributed by atoms with Crippen LogP contribution in [0.5, 0.6) is 5.75 Å². The van der Waals surface area contributed by atoms with Gasteiger partial charge in [0.2, 0.25) is 5.91 Å². The molecule has 0 aromatic heterocycles. The van der Waals surface area contributed by atoms with Crippen LogP contribution in [0.3, 0.4) is 0 Å². The zero-order valence-electron chi connectivity index (χ0n) is 10.9. The van der Waals surface area contributed by atoms with Crippen molar-refractivity contribution in [3.05, 3.63) is 28.2 Å². The van der Waals surface area contributed by atoms with E-state index in [0.29, 0.717) is 42.1 Å². The van der Waals surface area contributed by atoms with Gasteiger partial charge in [-0.3, -0.25) is 9.69 Å². The highest BCUT2D eigenvalue weighted by atomic mass is 35.5. The number of carbonyl (C=O) groups excluding carboxylic acids is 1. The van der Waals surface area contributed by atoms with E-state index in [9.17, 15) is 4.79 Å². The van der Waals surface area contributed by atoms with Crippen molar-refractivity contribution in [2.45, 2.75) is 6.10 Å². The molecule has 1 aromatic carbocycles. The lowest BCUT2D eigenvalue weighted by Gasteiger charge is -2.31. The lowest BCUT2D eigenvalue weighted by Crippen LogP contribution is -2.47. The van der Waals surface area contributed by atoms with E-state index < -0.39 is 0 Å². The maximum absolute atomic E-state index is 10.9. The average Bonchev–Trinajstić information content (AvgIpc) is 2.38. The first kappa shape index (κ1) is 15.4. The molecule has 0 spiro atoms. The Balaban J connectivity index is 1.89. The monoisotopic (exact) mass is 318 g/mol. The summed E-state index contributed by atoms with van der Waals surface area (Å²) in [5, 5.41) is 0.921. The third-order valence-electron chi connectivity index (χ3n) is 2.93. The summed E-state index contributed by atoms with van der Waals surface area (Å²) in [7, 11) is 0. The number of hydrogen-bond donors (Lipinski definition) is 1. The Morgan fingerprint density at radius 1 is 1.45 bits per heavy atom. The Labute approximate surface area is 127 Å². The first-order chi connectivity index (χ1) is 9.56. The lowest BCUT2D eigenvalue weighted by atomic mass is 10.2. The molecule has 1 atom stereocenters. The van der Waals surface area contributed by atoms with Crippen LogP contribution in [0.4, 0.5) is 0 Å². The van der Waals surface area contributed by atoms with Gasteiger partial charge in [0, 0.05) is 13.1 Å². The molecule has 1 aromatic rings. The summed E-state index contributed by atoms with van der Waals surface area (Å²) in [5.74, 6) is 0.104. The van der Waals surface area contributed by atoms with Gasteiger partial charge in [-0.2, -0.15) is 0 Å². The zero-order chi connectivity index (χ0) is 14.5. The minimum Gasteiger partial charge on any atom is -0.488 e. The van der Waals surface area contributed by atoms with E-state index in [0.717, 1.165) is 0 Å². The molecule has 20 heavy (non-hydrogen) atoms. The molecular formula is C13H16Cl2N2O3. The van der Waals surface area contributed by atoms with Crippen molar-refractivity contribution in [3.63, 3.8) is 0 Å². The number of ether oxygens (including phenoxy) is 2. The highest BCUT2D eigenvalue weighted by Crippen LogP contribution is 2.32. The number of benzene rings is 1. The number of hydrogen-bond acceptors (Lipinski definition) is 4. The van der Waals surface area contributed by atoms with E-state index in [1.807, 2.05) is 4.90 Å². The molecule has 0 bridgehead atoms. The van der Waals surface area contributed by atoms with Crippen molar-refractivity contribution < 1.29 is 14.3 Å². The van der Waals surface area contributed by atoms with E-state index in [1.54, 1.807) is 18.2 Å². The molecule has 7 heteroatoms. The van der Waals surface area contributed by atoms with Crippen LogP contribution in [0.25, 0.3) is 0 Å². The minimum absolute atomic E-state index is 0.143. The molecule has 1 aliphatic rings. The van der Waals surface area contributed by atoms with Crippen LogP contribution in [0, 0.1) is 0 Å². The van der Waals surface area contributed by atoms with Gasteiger partial charge in [-0.1, -0.05) is 29.3 Å². The zero-order valence-corrected chi connectivity index (χ0v) is 12.4. The molecule has 110 valence electrons. The average molecular weight is 319 g/mol. The van der Waals surface area contributed by atoms with Crippen LogP contribution >= 0.6 is 23.2 Å². The molecule has 1 fully saturated rings. The van der Waals surface area contributed by atoms with Crippen molar-refractivity contribution in [3.8, 4) is 5.75 Å². The lowest BCUT2D eigenvalue weighted by molar-refractivity contribution is -0.121. The van der Waals surface area contributed by atoms with Crippen LogP contribution in [-0.2, 0) is 9.53 Å². The Morgan fingerprint density at radius 3 is 2.80 bits per heavy atom. The second-order valence-electron chi connectivity index (χ2n) is 4.56. The van der Waals surface area contributed by atoms with Crippen molar-refractivity contribution >= 4 is 29.1 Å². The van der Waals surface area contributed by atoms with Gasteiger partial charge in [-0.15, -0.1) is 0 Å². The quantitative estimate of drug-likeness (QED) is 0.894. The van der Waals surface area contributed by atoms with Gasteiger partial charge in [0.25, 0.3) is 0 Å². The molecule has 0 radical (unpaired) electrons. The van der Waals surface area contributed by atoms with E-state index in [1.165, 1.54) is 0 Å². The summed E-state index contributed by atoms with van der Waals surface area (Å²) < 4.78 is 11.2. The second kappa shape index (κ2) is 7.13. The Kier molecular flexibility index (Phi) is 5.48. The first-order valence-electron chi connectivity index (χ1n) is 6.25. The fraction of sp³-hybridized carbons (Fsp3) is 0.462. The van der Waals surface area contributed by atoms with Crippen molar-refractivity contribution in [1.29, 1.82) is 0 Å². The van der Waals surface area contributed by atoms with Crippen LogP contribution in [-0.4, -0.2) is 49.8 Å². The predicted octanol–water partition coefficient (Wildman–Crippen LogP) is 1.56. The third-order valence-corrected chi connectivity index (χ3v) is 3.53. The molecule has 1 aliphatic heterocycles. The van der Waals surface area contributed by atoms with Crippen molar-refractivity contribution in [2.24, 2.45) is 5.73 Å². The summed E-state index contributed by atoms with van der Waals surface area (Å²) in [6, 6.07) is 5.18. The molecular weight excluding hydrogens is 303 g/mol. The summed E-state index contributed by atoms with van der Waals surface area (Å²) in [6.45, 7) is 2.36. The number of amides is 1. The minimum atomic E-state index is -0.347. The Hall–Kier alpha value is -1.01. The van der Waals surface area contributed by atoms with Gasteiger partial charge >= 0.3 is 0 Å². The van der Waals surface area contributed by atoms with Gasteiger partial charge in [0.05, 0.1) is 23.2 Å². The first-order valence-corrected chi connectivity index (χ1v) is 7.01. The number of halogens is 2. The third kappa shape index (κ3) is 4.24. The van der Waals surface area contributed by atoms with E-state index in [-0.39, 0.29) is 18.6 Å². The Morgan fingerprint density at radius 2 is 2.15 bits per heavy atom. The van der Waals surface area contributed by atoms with E-state index >= 15 is 0 Å². The summed E-state index contributed by atoms with van der Waals surface area (Å²) in [5.41, 5.74) is 5.19. The number of morpholine rings is 1. The molecule has 1 saturated heterocycles. The number of nitrogens with zero attached hydrogens (tertiary/aromatic N) is 1. The normalized spacial score (nSPS) is 19.8. The summed E-state index contributed by atoms with van der Waals surface area (Å²) >= 11 is 12.0. The van der Waals surface area contributed by atoms with Crippen LogP contribution < -0.4 is 10.5 Å². The number of rotatable bonds is 5. The number of para-hydroxylation sites is 1. The van der Waals surface area contributed by atoms with E-state index in [4.69, 9.17) is 38.4 Å². The standard InChI is InChI=1S/C13H16Cl2N2O3/c14-10-2-1-3-11(15)13(10)20-8-9-6-17(4-5-19-9)7-12(16)18/h1-3,9H,4-8H2,(H2,16,18)/t9-/m0/s1. The fourth-order valence-corrected chi connectivity index (χ4v) is 2.55. The second-order valence-corrected chi connectivity index (χ2v) is 5.37. The van der Waals surface area contributed by atoms with E-state index in [2.05, 4.69) is 0 Å². The largest absolute Gasteiger partial charge is 0.488 e. The van der Waals surface area contributed by atoms with Gasteiger partial charge in [0.1, 0.15) is 12.7 Å². The molecule has 0 unspecified atom stereocenters. The highest BCUT2D eigenvalue weighted by Gasteiger charge is 2.22. The van der Waals surface area contributed by atoms with Crippen molar-refractivity contribution in [2.75, 3.05) is 32.8 Å². The van der Waals surface area contributed by atoms with Crippen LogP contribution in [0.2, 0.25) is 10.0 Å². The summed E-state index contributed by atoms with van der Waals surface area (Å²) in [6.07, 6.45) is -0.143. The van der Waals surface area contributed by atoms with Gasteiger partial charge in [0.15, 0.2) is 5.75 Å². The van der Waals surface area contributed by atoms with Crippen LogP contribution in [0.15, 0.2) is 18.2 Å². The van der Waals surface area contributed by atoms with Gasteiger partial charge in [-0.25, -0.2) is 0 Å². The SMILES string of the molecule is NC(=O)CN1CCO[C@H](COc2c(Cl)cccc2Cl)C1. The Bertz CT molecular complexity index is 464. The van der Waals surface area contributed by atoms with Gasteiger partial charge < -0.3 is 15.2 Å². The predicted molar refractivity (Wildman–Crippen MR) is 77.3 cm³/mol. The molecule has 0 saturated carbocycles. The number of nitrogens with two attached hydrogens (primary N) is 1. The summed E-state index contributed by atoms with van der Waals surface area (Å²) in [4.78, 5) is 12.9. The smallest absolute Gasteiger partial charge is 0.231 e.